The summed E-state index contributed by atoms with van der Waals surface area (Å²) in [6.07, 6.45) is 3.12. The van der Waals surface area contributed by atoms with Gasteiger partial charge in [-0.15, -0.1) is 0 Å². The minimum absolute atomic E-state index is 0.266. The van der Waals surface area contributed by atoms with E-state index in [2.05, 4.69) is 30.9 Å². The molecule has 0 saturated carbocycles. The number of carbonyl (C=O) groups is 1. The molecular formula is C21H21ClO2. The highest BCUT2D eigenvalue weighted by atomic mass is 35.5. The van der Waals surface area contributed by atoms with Gasteiger partial charge in [0.2, 0.25) is 5.24 Å². The van der Waals surface area contributed by atoms with Gasteiger partial charge in [-0.25, -0.2) is 0 Å². The van der Waals surface area contributed by atoms with E-state index < -0.39 is 0 Å². The fraction of sp³-hybridized carbons (Fsp3) is 0.286. The molecule has 0 aliphatic carbocycles. The first-order valence-corrected chi connectivity index (χ1v) is 8.51. The molecule has 0 unspecified atom stereocenters. The average Bonchev–Trinajstić information content (AvgIpc) is 2.58. The summed E-state index contributed by atoms with van der Waals surface area (Å²) in [7, 11) is 0. The van der Waals surface area contributed by atoms with Crippen LogP contribution in [0, 0.1) is 18.8 Å². The quantitative estimate of drug-likeness (QED) is 0.398. The number of hydrogen-bond acceptors (Lipinski definition) is 2. The Morgan fingerprint density at radius 3 is 2.08 bits per heavy atom. The van der Waals surface area contributed by atoms with Crippen molar-refractivity contribution < 1.29 is 9.53 Å². The van der Waals surface area contributed by atoms with Crippen molar-refractivity contribution in [3.63, 3.8) is 0 Å². The molecule has 0 spiro atoms. The standard InChI is InChI=1S/C21H21ClO2/c1-17-6-8-18(9-7-17)10-11-19-12-14-20(15-13-19)24-16-4-2-3-5-21(22)23/h6-9,12-15H,2-5,16H2,1H3. The molecule has 24 heavy (non-hydrogen) atoms. The number of hydrogen-bond donors (Lipinski definition) is 0. The van der Waals surface area contributed by atoms with E-state index in [1.807, 2.05) is 36.4 Å². The number of halogens is 1. The highest BCUT2D eigenvalue weighted by Gasteiger charge is 1.97. The molecule has 0 atom stereocenters. The molecule has 2 rings (SSSR count). The van der Waals surface area contributed by atoms with Gasteiger partial charge in [-0.1, -0.05) is 29.5 Å². The molecule has 0 aliphatic rings. The summed E-state index contributed by atoms with van der Waals surface area (Å²) >= 11 is 5.29. The van der Waals surface area contributed by atoms with Crippen molar-refractivity contribution in [2.75, 3.05) is 6.61 Å². The molecule has 0 radical (unpaired) electrons. The molecule has 0 aliphatic heterocycles. The second-order valence-corrected chi connectivity index (χ2v) is 6.08. The zero-order valence-electron chi connectivity index (χ0n) is 13.8. The molecular weight excluding hydrogens is 320 g/mol. The first kappa shape index (κ1) is 18.1. The van der Waals surface area contributed by atoms with Crippen molar-refractivity contribution in [2.24, 2.45) is 0 Å². The predicted molar refractivity (Wildman–Crippen MR) is 98.4 cm³/mol. The molecule has 2 nitrogen and oxygen atoms in total. The summed E-state index contributed by atoms with van der Waals surface area (Å²) in [6.45, 7) is 2.71. The summed E-state index contributed by atoms with van der Waals surface area (Å²) in [5.41, 5.74) is 3.20. The molecule has 2 aromatic carbocycles. The minimum Gasteiger partial charge on any atom is -0.494 e. The van der Waals surface area contributed by atoms with Crippen molar-refractivity contribution in [1.29, 1.82) is 0 Å². The van der Waals surface area contributed by atoms with Crippen molar-refractivity contribution in [1.82, 2.24) is 0 Å². The summed E-state index contributed by atoms with van der Waals surface area (Å²) < 4.78 is 5.68. The lowest BCUT2D eigenvalue weighted by Crippen LogP contribution is -1.97. The Hall–Kier alpha value is -2.24. The van der Waals surface area contributed by atoms with Crippen molar-refractivity contribution in [3.8, 4) is 17.6 Å². The van der Waals surface area contributed by atoms with Crippen LogP contribution in [0.4, 0.5) is 0 Å². The number of unbranched alkanes of at least 4 members (excludes halogenated alkanes) is 2. The van der Waals surface area contributed by atoms with Gasteiger partial charge in [0.15, 0.2) is 0 Å². The number of benzene rings is 2. The van der Waals surface area contributed by atoms with Gasteiger partial charge < -0.3 is 4.74 Å². The summed E-state index contributed by atoms with van der Waals surface area (Å²) in [4.78, 5) is 10.6. The maximum atomic E-state index is 10.6. The van der Waals surface area contributed by atoms with Crippen molar-refractivity contribution in [2.45, 2.75) is 32.6 Å². The number of rotatable bonds is 7. The second kappa shape index (κ2) is 9.80. The molecule has 0 saturated heterocycles. The molecule has 0 bridgehead atoms. The van der Waals surface area contributed by atoms with E-state index in [1.165, 1.54) is 5.56 Å². The molecule has 0 amide bonds. The van der Waals surface area contributed by atoms with Gasteiger partial charge in [0.05, 0.1) is 6.61 Å². The number of carbonyl (C=O) groups excluding carboxylic acids is 1. The Kier molecular flexibility index (Phi) is 7.39. The van der Waals surface area contributed by atoms with Crippen LogP contribution >= 0.6 is 11.6 Å². The molecule has 0 N–H and O–H groups in total. The smallest absolute Gasteiger partial charge is 0.221 e. The molecule has 0 fully saturated rings. The second-order valence-electron chi connectivity index (χ2n) is 5.65. The third-order valence-electron chi connectivity index (χ3n) is 3.54. The van der Waals surface area contributed by atoms with Crippen molar-refractivity contribution in [3.05, 3.63) is 65.2 Å². The van der Waals surface area contributed by atoms with E-state index in [0.717, 1.165) is 36.1 Å². The van der Waals surface area contributed by atoms with E-state index in [4.69, 9.17) is 16.3 Å². The van der Waals surface area contributed by atoms with Gasteiger partial charge in [0.1, 0.15) is 5.75 Å². The monoisotopic (exact) mass is 340 g/mol. The van der Waals surface area contributed by atoms with Crippen LogP contribution in [0.15, 0.2) is 48.5 Å². The van der Waals surface area contributed by atoms with Crippen LogP contribution in [0.1, 0.15) is 42.4 Å². The predicted octanol–water partition coefficient (Wildman–Crippen LogP) is 5.10. The maximum absolute atomic E-state index is 10.6. The Balaban J connectivity index is 1.77. The topological polar surface area (TPSA) is 26.3 Å². The maximum Gasteiger partial charge on any atom is 0.221 e. The summed E-state index contributed by atoms with van der Waals surface area (Å²) in [5.74, 6) is 7.14. The molecule has 3 heteroatoms. The first-order valence-electron chi connectivity index (χ1n) is 8.13. The van der Waals surface area contributed by atoms with Crippen LogP contribution < -0.4 is 4.74 Å². The Morgan fingerprint density at radius 2 is 1.50 bits per heavy atom. The van der Waals surface area contributed by atoms with Crippen LogP contribution in [0.3, 0.4) is 0 Å². The minimum atomic E-state index is -0.266. The van der Waals surface area contributed by atoms with E-state index in [9.17, 15) is 4.79 Å². The van der Waals surface area contributed by atoms with Crippen LogP contribution in [0.2, 0.25) is 0 Å². The lowest BCUT2D eigenvalue weighted by molar-refractivity contribution is -0.111. The van der Waals surface area contributed by atoms with Gasteiger partial charge in [0.25, 0.3) is 0 Å². The Bertz CT molecular complexity index is 706. The van der Waals surface area contributed by atoms with Gasteiger partial charge in [0, 0.05) is 17.5 Å². The van der Waals surface area contributed by atoms with E-state index in [1.54, 1.807) is 0 Å². The number of aryl methyl sites for hydroxylation is 1. The molecule has 124 valence electrons. The van der Waals surface area contributed by atoms with Gasteiger partial charge >= 0.3 is 0 Å². The van der Waals surface area contributed by atoms with E-state index >= 15 is 0 Å². The third-order valence-corrected chi connectivity index (χ3v) is 3.73. The fourth-order valence-electron chi connectivity index (χ4n) is 2.15. The third kappa shape index (κ3) is 6.89. The Morgan fingerprint density at radius 1 is 0.917 bits per heavy atom. The highest BCUT2D eigenvalue weighted by Crippen LogP contribution is 2.13. The van der Waals surface area contributed by atoms with E-state index in [-0.39, 0.29) is 5.24 Å². The van der Waals surface area contributed by atoms with Crippen LogP contribution in [-0.4, -0.2) is 11.8 Å². The zero-order chi connectivity index (χ0) is 17.2. The average molecular weight is 341 g/mol. The van der Waals surface area contributed by atoms with Crippen molar-refractivity contribution >= 4 is 16.8 Å². The normalized spacial score (nSPS) is 9.92. The number of ether oxygens (including phenoxy) is 1. The SMILES string of the molecule is Cc1ccc(C#Cc2ccc(OCCCCCC(=O)Cl)cc2)cc1. The largest absolute Gasteiger partial charge is 0.494 e. The Labute approximate surface area is 148 Å². The summed E-state index contributed by atoms with van der Waals surface area (Å²) in [5, 5.41) is -0.266. The summed E-state index contributed by atoms with van der Waals surface area (Å²) in [6, 6.07) is 16.0. The van der Waals surface area contributed by atoms with Crippen LogP contribution in [0.25, 0.3) is 0 Å². The molecule has 2 aromatic rings. The zero-order valence-corrected chi connectivity index (χ0v) is 14.6. The lowest BCUT2D eigenvalue weighted by Gasteiger charge is -2.05. The van der Waals surface area contributed by atoms with E-state index in [0.29, 0.717) is 13.0 Å². The molecule has 0 heterocycles. The van der Waals surface area contributed by atoms with Gasteiger partial charge in [-0.05, 0) is 74.2 Å². The van der Waals surface area contributed by atoms with Gasteiger partial charge in [-0.3, -0.25) is 4.79 Å². The highest BCUT2D eigenvalue weighted by molar-refractivity contribution is 6.63. The van der Waals surface area contributed by atoms with Gasteiger partial charge in [-0.2, -0.15) is 0 Å². The fourth-order valence-corrected chi connectivity index (χ4v) is 2.28. The van der Waals surface area contributed by atoms with Crippen LogP contribution in [-0.2, 0) is 4.79 Å². The van der Waals surface area contributed by atoms with Crippen LogP contribution in [0.5, 0.6) is 5.75 Å². The molecule has 0 aromatic heterocycles. The lowest BCUT2D eigenvalue weighted by atomic mass is 10.1. The first-order chi connectivity index (χ1) is 11.6.